The molecule has 1 heterocycles. The van der Waals surface area contributed by atoms with Gasteiger partial charge in [0, 0.05) is 29.5 Å². The van der Waals surface area contributed by atoms with E-state index in [0.29, 0.717) is 24.0 Å². The summed E-state index contributed by atoms with van der Waals surface area (Å²) in [6.45, 7) is 5.32. The first-order chi connectivity index (χ1) is 12.4. The molecule has 3 amide bonds. The minimum Gasteiger partial charge on any atom is -0.325 e. The maximum absolute atomic E-state index is 12.6. The van der Waals surface area contributed by atoms with Crippen molar-refractivity contribution in [1.82, 2.24) is 4.90 Å². The average molecular weight is 372 g/mol. The fourth-order valence-corrected chi connectivity index (χ4v) is 3.12. The lowest BCUT2D eigenvalue weighted by Gasteiger charge is -2.18. The number of amides is 3. The fraction of sp³-hybridized carbons (Fsp3) is 0.300. The second-order valence-corrected chi connectivity index (χ2v) is 7.10. The Morgan fingerprint density at radius 3 is 2.54 bits per heavy atom. The highest BCUT2D eigenvalue weighted by Gasteiger charge is 2.30. The molecule has 2 aromatic rings. The van der Waals surface area contributed by atoms with Crippen LogP contribution in [0.5, 0.6) is 0 Å². The van der Waals surface area contributed by atoms with E-state index < -0.39 is 0 Å². The predicted octanol–water partition coefficient (Wildman–Crippen LogP) is 4.34. The fourth-order valence-electron chi connectivity index (χ4n) is 2.94. The minimum atomic E-state index is -0.205. The highest BCUT2D eigenvalue weighted by molar-refractivity contribution is 6.30. The van der Waals surface area contributed by atoms with Crippen molar-refractivity contribution >= 4 is 34.9 Å². The van der Waals surface area contributed by atoms with Crippen LogP contribution in [0.1, 0.15) is 25.3 Å². The Morgan fingerprint density at radius 1 is 1.15 bits per heavy atom. The molecule has 0 aromatic heterocycles. The number of hydrogen-bond donors (Lipinski definition) is 1. The summed E-state index contributed by atoms with van der Waals surface area (Å²) in [5.41, 5.74) is 2.70. The van der Waals surface area contributed by atoms with Crippen LogP contribution >= 0.6 is 11.6 Å². The number of benzene rings is 2. The van der Waals surface area contributed by atoms with Gasteiger partial charge in [0.05, 0.1) is 0 Å². The normalized spacial score (nSPS) is 14.2. The summed E-state index contributed by atoms with van der Waals surface area (Å²) in [7, 11) is 0. The molecule has 1 N–H and O–H groups in total. The van der Waals surface area contributed by atoms with E-state index in [2.05, 4.69) is 19.2 Å². The van der Waals surface area contributed by atoms with Gasteiger partial charge in [0.2, 0.25) is 5.91 Å². The summed E-state index contributed by atoms with van der Waals surface area (Å²) >= 11 is 6.00. The van der Waals surface area contributed by atoms with Crippen molar-refractivity contribution in [2.75, 3.05) is 29.9 Å². The third-order valence-corrected chi connectivity index (χ3v) is 4.65. The third-order valence-electron chi connectivity index (χ3n) is 4.41. The second-order valence-electron chi connectivity index (χ2n) is 6.66. The first-order valence-corrected chi connectivity index (χ1v) is 9.03. The van der Waals surface area contributed by atoms with Gasteiger partial charge < -0.3 is 10.2 Å². The molecule has 5 nitrogen and oxygen atoms in total. The van der Waals surface area contributed by atoms with E-state index in [4.69, 9.17) is 11.6 Å². The zero-order chi connectivity index (χ0) is 18.7. The Labute approximate surface area is 158 Å². The van der Waals surface area contributed by atoms with E-state index in [1.165, 1.54) is 5.56 Å². The van der Waals surface area contributed by atoms with Crippen molar-refractivity contribution in [1.29, 1.82) is 0 Å². The lowest BCUT2D eigenvalue weighted by molar-refractivity contribution is -0.116. The highest BCUT2D eigenvalue weighted by Crippen LogP contribution is 2.23. The van der Waals surface area contributed by atoms with E-state index in [0.717, 1.165) is 11.4 Å². The molecule has 26 heavy (non-hydrogen) atoms. The van der Waals surface area contributed by atoms with Crippen LogP contribution in [0.25, 0.3) is 0 Å². The van der Waals surface area contributed by atoms with E-state index in [9.17, 15) is 9.59 Å². The number of nitrogens with zero attached hydrogens (tertiary/aromatic N) is 2. The molecular formula is C20H22ClN3O2. The van der Waals surface area contributed by atoms with Gasteiger partial charge in [-0.15, -0.1) is 0 Å². The molecule has 2 aromatic carbocycles. The van der Waals surface area contributed by atoms with Crippen LogP contribution in [0.4, 0.5) is 16.2 Å². The van der Waals surface area contributed by atoms with Crippen molar-refractivity contribution in [2.45, 2.75) is 19.8 Å². The molecule has 0 bridgehead atoms. The Morgan fingerprint density at radius 2 is 1.88 bits per heavy atom. The average Bonchev–Trinajstić information content (AvgIpc) is 2.96. The zero-order valence-electron chi connectivity index (χ0n) is 14.9. The quantitative estimate of drug-likeness (QED) is 0.849. The lowest BCUT2D eigenvalue weighted by atomic mass is 10.0. The SMILES string of the molecule is CC(C)c1ccc(NC(=O)CN2CCN(c3cccc(Cl)c3)C2=O)cc1. The number of urea groups is 1. The van der Waals surface area contributed by atoms with Gasteiger partial charge in [-0.3, -0.25) is 9.69 Å². The second kappa shape index (κ2) is 7.79. The molecule has 1 aliphatic rings. The Balaban J connectivity index is 1.59. The number of carbonyl (C=O) groups is 2. The molecular weight excluding hydrogens is 350 g/mol. The summed E-state index contributed by atoms with van der Waals surface area (Å²) in [5, 5.41) is 3.43. The molecule has 136 valence electrons. The molecule has 0 saturated carbocycles. The van der Waals surface area contributed by atoms with Gasteiger partial charge in [-0.25, -0.2) is 4.79 Å². The summed E-state index contributed by atoms with van der Waals surface area (Å²) in [5.74, 6) is 0.239. The smallest absolute Gasteiger partial charge is 0.325 e. The van der Waals surface area contributed by atoms with E-state index in [1.54, 1.807) is 28.0 Å². The zero-order valence-corrected chi connectivity index (χ0v) is 15.7. The summed E-state index contributed by atoms with van der Waals surface area (Å²) in [4.78, 5) is 28.0. The molecule has 0 aliphatic carbocycles. The van der Waals surface area contributed by atoms with Gasteiger partial charge in [-0.1, -0.05) is 43.6 Å². The van der Waals surface area contributed by atoms with Gasteiger partial charge in [0.15, 0.2) is 0 Å². The van der Waals surface area contributed by atoms with E-state index in [1.807, 2.05) is 30.3 Å². The lowest BCUT2D eigenvalue weighted by Crippen LogP contribution is -2.37. The molecule has 0 atom stereocenters. The molecule has 1 fully saturated rings. The van der Waals surface area contributed by atoms with Crippen LogP contribution in [-0.4, -0.2) is 36.5 Å². The first-order valence-electron chi connectivity index (χ1n) is 8.66. The molecule has 0 spiro atoms. The van der Waals surface area contributed by atoms with Crippen LogP contribution in [0.2, 0.25) is 5.02 Å². The first kappa shape index (κ1) is 18.3. The minimum absolute atomic E-state index is 0.0296. The Kier molecular flexibility index (Phi) is 5.47. The van der Waals surface area contributed by atoms with Crippen molar-refractivity contribution in [3.8, 4) is 0 Å². The van der Waals surface area contributed by atoms with Gasteiger partial charge in [-0.2, -0.15) is 0 Å². The number of anilines is 2. The Bertz CT molecular complexity index is 805. The van der Waals surface area contributed by atoms with Crippen LogP contribution in [-0.2, 0) is 4.79 Å². The van der Waals surface area contributed by atoms with Crippen molar-refractivity contribution in [3.05, 3.63) is 59.1 Å². The van der Waals surface area contributed by atoms with Crippen molar-refractivity contribution < 1.29 is 9.59 Å². The molecule has 1 saturated heterocycles. The highest BCUT2D eigenvalue weighted by atomic mass is 35.5. The van der Waals surface area contributed by atoms with Gasteiger partial charge in [-0.05, 0) is 41.8 Å². The molecule has 1 aliphatic heterocycles. The van der Waals surface area contributed by atoms with Crippen LogP contribution in [0.3, 0.4) is 0 Å². The Hall–Kier alpha value is -2.53. The standard InChI is InChI=1S/C20H22ClN3O2/c1-14(2)15-6-8-17(9-7-15)22-19(25)13-23-10-11-24(20(23)26)18-5-3-4-16(21)12-18/h3-9,12,14H,10-11,13H2,1-2H3,(H,22,25). The van der Waals surface area contributed by atoms with E-state index in [-0.39, 0.29) is 18.5 Å². The maximum Gasteiger partial charge on any atom is 0.325 e. The number of hydrogen-bond acceptors (Lipinski definition) is 2. The number of halogens is 1. The number of rotatable bonds is 5. The van der Waals surface area contributed by atoms with Crippen molar-refractivity contribution in [3.63, 3.8) is 0 Å². The van der Waals surface area contributed by atoms with Gasteiger partial charge >= 0.3 is 6.03 Å². The van der Waals surface area contributed by atoms with Gasteiger partial charge in [0.25, 0.3) is 0 Å². The summed E-state index contributed by atoms with van der Waals surface area (Å²) in [6, 6.07) is 14.8. The third kappa shape index (κ3) is 4.17. The summed E-state index contributed by atoms with van der Waals surface area (Å²) < 4.78 is 0. The van der Waals surface area contributed by atoms with Crippen LogP contribution < -0.4 is 10.2 Å². The maximum atomic E-state index is 12.6. The molecule has 0 radical (unpaired) electrons. The molecule has 6 heteroatoms. The van der Waals surface area contributed by atoms with Crippen LogP contribution in [0.15, 0.2) is 48.5 Å². The van der Waals surface area contributed by atoms with Crippen LogP contribution in [0, 0.1) is 0 Å². The summed E-state index contributed by atoms with van der Waals surface area (Å²) in [6.07, 6.45) is 0. The molecule has 3 rings (SSSR count). The van der Waals surface area contributed by atoms with E-state index >= 15 is 0 Å². The van der Waals surface area contributed by atoms with Crippen molar-refractivity contribution in [2.24, 2.45) is 0 Å². The number of carbonyl (C=O) groups excluding carboxylic acids is 2. The monoisotopic (exact) mass is 371 g/mol. The topological polar surface area (TPSA) is 52.7 Å². The predicted molar refractivity (Wildman–Crippen MR) is 105 cm³/mol. The molecule has 0 unspecified atom stereocenters. The number of nitrogens with one attached hydrogen (secondary N) is 1. The largest absolute Gasteiger partial charge is 0.325 e. The van der Waals surface area contributed by atoms with Gasteiger partial charge in [0.1, 0.15) is 6.54 Å².